The number of fused-ring (bicyclic) bond motifs is 1. The maximum atomic E-state index is 13.7. The van der Waals surface area contributed by atoms with E-state index in [-0.39, 0.29) is 35.4 Å². The number of likely N-dealkylation sites (tertiary alicyclic amines) is 1. The number of piperidine rings is 1. The van der Waals surface area contributed by atoms with Gasteiger partial charge in [-0.2, -0.15) is 0 Å². The third-order valence-corrected chi connectivity index (χ3v) is 9.63. The van der Waals surface area contributed by atoms with Crippen molar-refractivity contribution in [2.75, 3.05) is 6.54 Å². The number of nitrogens with zero attached hydrogens (tertiary/aromatic N) is 1. The zero-order chi connectivity index (χ0) is 23.2. The van der Waals surface area contributed by atoms with Crippen LogP contribution in [0.3, 0.4) is 0 Å². The first-order valence-corrected chi connectivity index (χ1v) is 12.9. The Hall–Kier alpha value is -1.43. The van der Waals surface area contributed by atoms with Crippen LogP contribution in [0.15, 0.2) is 0 Å². The molecular formula is C26H42N2O4. The topological polar surface area (TPSA) is 101 Å². The number of amides is 2. The number of nitrogens with two attached hydrogens (primary N) is 1. The minimum Gasteiger partial charge on any atom is -0.383 e. The van der Waals surface area contributed by atoms with Gasteiger partial charge in [0.25, 0.3) is 0 Å². The Labute approximate surface area is 192 Å². The zero-order valence-electron chi connectivity index (χ0n) is 20.1. The smallest absolute Gasteiger partial charge is 0.246 e. The normalized spacial score (nSPS) is 32.5. The number of hydrogen-bond donors (Lipinski definition) is 2. The monoisotopic (exact) mass is 446 g/mol. The van der Waals surface area contributed by atoms with Crippen LogP contribution in [0.4, 0.5) is 0 Å². The van der Waals surface area contributed by atoms with E-state index in [1.807, 2.05) is 11.8 Å². The van der Waals surface area contributed by atoms with Crippen molar-refractivity contribution in [2.45, 2.75) is 97.1 Å². The van der Waals surface area contributed by atoms with Gasteiger partial charge in [-0.05, 0) is 48.3 Å². The van der Waals surface area contributed by atoms with Crippen molar-refractivity contribution in [1.82, 2.24) is 4.90 Å². The van der Waals surface area contributed by atoms with Crippen LogP contribution in [0.2, 0.25) is 0 Å². The van der Waals surface area contributed by atoms with E-state index in [1.165, 1.54) is 25.7 Å². The van der Waals surface area contributed by atoms with Crippen molar-refractivity contribution >= 4 is 17.6 Å². The largest absolute Gasteiger partial charge is 0.383 e. The predicted molar refractivity (Wildman–Crippen MR) is 122 cm³/mol. The van der Waals surface area contributed by atoms with Gasteiger partial charge in [0.2, 0.25) is 11.8 Å². The highest BCUT2D eigenvalue weighted by Gasteiger charge is 2.69. The number of aliphatic hydroxyl groups is 1. The molecule has 0 aromatic carbocycles. The average Bonchev–Trinajstić information content (AvgIpc) is 3.08. The molecule has 3 saturated carbocycles. The number of carbonyl (C=O) groups is 3. The first-order valence-electron chi connectivity index (χ1n) is 12.9. The summed E-state index contributed by atoms with van der Waals surface area (Å²) in [5.41, 5.74) is 5.48. The highest BCUT2D eigenvalue weighted by molar-refractivity contribution is 5.92. The molecule has 180 valence electrons. The molecule has 3 aliphatic carbocycles. The molecule has 1 saturated heterocycles. The van der Waals surface area contributed by atoms with E-state index in [0.29, 0.717) is 30.7 Å². The molecule has 1 aliphatic heterocycles. The predicted octanol–water partition coefficient (Wildman–Crippen LogP) is 3.30. The van der Waals surface area contributed by atoms with Crippen LogP contribution in [0.5, 0.6) is 0 Å². The van der Waals surface area contributed by atoms with E-state index in [4.69, 9.17) is 5.73 Å². The van der Waals surface area contributed by atoms with Gasteiger partial charge >= 0.3 is 0 Å². The highest BCUT2D eigenvalue weighted by Crippen LogP contribution is 2.65. The Morgan fingerprint density at radius 2 is 1.72 bits per heavy atom. The molecule has 4 rings (SSSR count). The fraction of sp³-hybridized carbons (Fsp3) is 0.885. The van der Waals surface area contributed by atoms with Crippen LogP contribution in [0.25, 0.3) is 0 Å². The number of rotatable bonds is 9. The fourth-order valence-electron chi connectivity index (χ4n) is 7.07. The Morgan fingerprint density at radius 3 is 2.28 bits per heavy atom. The molecule has 0 aromatic rings. The van der Waals surface area contributed by atoms with Crippen LogP contribution < -0.4 is 5.73 Å². The van der Waals surface area contributed by atoms with Gasteiger partial charge in [0, 0.05) is 24.8 Å². The van der Waals surface area contributed by atoms with Crippen LogP contribution in [0, 0.1) is 40.9 Å². The van der Waals surface area contributed by atoms with E-state index in [0.717, 1.165) is 25.7 Å². The molecule has 6 atom stereocenters. The Morgan fingerprint density at radius 1 is 1.06 bits per heavy atom. The quantitative estimate of drug-likeness (QED) is 0.567. The summed E-state index contributed by atoms with van der Waals surface area (Å²) in [6.45, 7) is 7.10. The first kappa shape index (κ1) is 23.7. The van der Waals surface area contributed by atoms with Crippen molar-refractivity contribution in [3.8, 4) is 0 Å². The standard InChI is InChI=1S/C26H42N2O4/c1-15(17-10-5-4-6-11-17)25(32)28-14-19-21(26(19,2)3)22(28)20(29)13-18(23(30)24(27)31)12-16-8-7-9-16/h15-19,21-23,30H,4-14H2,1-3H3,(H2,27,31)/t15-,18?,19?,21?,22+,23?/m0/s1. The zero-order valence-corrected chi connectivity index (χ0v) is 20.1. The average molecular weight is 447 g/mol. The second-order valence-corrected chi connectivity index (χ2v) is 11.9. The van der Waals surface area contributed by atoms with E-state index in [1.54, 1.807) is 0 Å². The van der Waals surface area contributed by atoms with Gasteiger partial charge in [-0.3, -0.25) is 14.4 Å². The van der Waals surface area contributed by atoms with Gasteiger partial charge in [0.15, 0.2) is 5.78 Å². The number of primary amides is 1. The van der Waals surface area contributed by atoms with Gasteiger partial charge in [0.1, 0.15) is 6.10 Å². The minimum atomic E-state index is -1.30. The third-order valence-electron chi connectivity index (χ3n) is 9.63. The lowest BCUT2D eigenvalue weighted by molar-refractivity contribution is -0.145. The van der Waals surface area contributed by atoms with Crippen LogP contribution in [0.1, 0.15) is 85.0 Å². The lowest BCUT2D eigenvalue weighted by Crippen LogP contribution is -2.49. The summed E-state index contributed by atoms with van der Waals surface area (Å²) < 4.78 is 0. The molecular weight excluding hydrogens is 404 g/mol. The maximum Gasteiger partial charge on any atom is 0.246 e. The first-order chi connectivity index (χ1) is 15.1. The van der Waals surface area contributed by atoms with E-state index in [9.17, 15) is 19.5 Å². The van der Waals surface area contributed by atoms with Gasteiger partial charge < -0.3 is 15.7 Å². The summed E-state index contributed by atoms with van der Waals surface area (Å²) in [7, 11) is 0. The second-order valence-electron chi connectivity index (χ2n) is 11.9. The van der Waals surface area contributed by atoms with Crippen LogP contribution in [-0.4, -0.2) is 46.3 Å². The molecule has 32 heavy (non-hydrogen) atoms. The summed E-state index contributed by atoms with van der Waals surface area (Å²) in [4.78, 5) is 40.8. The Bertz CT molecular complexity index is 740. The van der Waals surface area contributed by atoms with Gasteiger partial charge in [-0.15, -0.1) is 0 Å². The number of aliphatic hydroxyl groups excluding tert-OH is 1. The van der Waals surface area contributed by atoms with Crippen LogP contribution in [-0.2, 0) is 14.4 Å². The van der Waals surface area contributed by atoms with Gasteiger partial charge in [0.05, 0.1) is 6.04 Å². The number of carbonyl (C=O) groups excluding carboxylic acids is 3. The number of hydrogen-bond acceptors (Lipinski definition) is 4. The lowest BCUT2D eigenvalue weighted by Gasteiger charge is -2.36. The minimum absolute atomic E-state index is 0.0110. The molecule has 6 heteroatoms. The molecule has 0 radical (unpaired) electrons. The molecule has 0 spiro atoms. The number of ketones is 1. The van der Waals surface area contributed by atoms with Crippen molar-refractivity contribution in [2.24, 2.45) is 46.7 Å². The Kier molecular flexibility index (Phi) is 6.73. The molecule has 4 fully saturated rings. The lowest BCUT2D eigenvalue weighted by atomic mass is 9.75. The molecule has 0 aromatic heterocycles. The Balaban J connectivity index is 1.49. The van der Waals surface area contributed by atoms with Crippen molar-refractivity contribution in [1.29, 1.82) is 0 Å². The summed E-state index contributed by atoms with van der Waals surface area (Å²) in [5, 5.41) is 10.5. The molecule has 4 aliphatic rings. The molecule has 3 N–H and O–H groups in total. The van der Waals surface area contributed by atoms with E-state index >= 15 is 0 Å². The SMILES string of the molecule is C[C@H](C(=O)N1CC2C([C@H]1C(=O)CC(CC1CCC1)C(O)C(N)=O)C2(C)C)C1CCCCC1. The molecule has 0 bridgehead atoms. The van der Waals surface area contributed by atoms with Gasteiger partial charge in [-0.1, -0.05) is 59.3 Å². The molecule has 1 heterocycles. The van der Waals surface area contributed by atoms with E-state index < -0.39 is 24.0 Å². The number of Topliss-reactive ketones (excluding diaryl/α,β-unsaturated/α-hetero) is 1. The van der Waals surface area contributed by atoms with Crippen LogP contribution >= 0.6 is 0 Å². The maximum absolute atomic E-state index is 13.7. The summed E-state index contributed by atoms with van der Waals surface area (Å²) >= 11 is 0. The van der Waals surface area contributed by atoms with E-state index in [2.05, 4.69) is 13.8 Å². The van der Waals surface area contributed by atoms with Crippen molar-refractivity contribution in [3.63, 3.8) is 0 Å². The van der Waals surface area contributed by atoms with Crippen molar-refractivity contribution in [3.05, 3.63) is 0 Å². The summed E-state index contributed by atoms with van der Waals surface area (Å²) in [6, 6.07) is -0.419. The van der Waals surface area contributed by atoms with Crippen molar-refractivity contribution < 1.29 is 19.5 Å². The molecule has 2 amide bonds. The molecule has 4 unspecified atom stereocenters. The second kappa shape index (κ2) is 9.08. The fourth-order valence-corrected chi connectivity index (χ4v) is 7.07. The third kappa shape index (κ3) is 4.36. The summed E-state index contributed by atoms with van der Waals surface area (Å²) in [5.74, 6) is 0.322. The van der Waals surface area contributed by atoms with Gasteiger partial charge in [-0.25, -0.2) is 0 Å². The highest BCUT2D eigenvalue weighted by atomic mass is 16.3. The molecule has 6 nitrogen and oxygen atoms in total. The summed E-state index contributed by atoms with van der Waals surface area (Å²) in [6.07, 6.45) is 8.67.